The molecule has 5 heteroatoms. The molecule has 0 bridgehead atoms. The maximum absolute atomic E-state index is 4.99. The molecule has 1 fully saturated rings. The zero-order valence-electron chi connectivity index (χ0n) is 14.5. The number of halogens is 1. The van der Waals surface area contributed by atoms with Crippen LogP contribution in [0.1, 0.15) is 44.7 Å². The van der Waals surface area contributed by atoms with Crippen LogP contribution in [-0.4, -0.2) is 20.4 Å². The molecule has 3 aromatic heterocycles. The van der Waals surface area contributed by atoms with E-state index < -0.39 is 0 Å². The molecule has 1 aliphatic carbocycles. The summed E-state index contributed by atoms with van der Waals surface area (Å²) in [6.45, 7) is 2.20. The van der Waals surface area contributed by atoms with Gasteiger partial charge in [-0.05, 0) is 60.1 Å². The zero-order valence-corrected chi connectivity index (χ0v) is 16.7. The van der Waals surface area contributed by atoms with Crippen molar-refractivity contribution < 1.29 is 0 Å². The molecule has 1 N–H and O–H groups in total. The van der Waals surface area contributed by atoms with Gasteiger partial charge < -0.3 is 5.32 Å². The predicted octanol–water partition coefficient (Wildman–Crippen LogP) is 5.31. The van der Waals surface area contributed by atoms with Crippen LogP contribution in [0, 0.1) is 3.57 Å². The highest BCUT2D eigenvalue weighted by Crippen LogP contribution is 2.34. The number of aromatic nitrogens is 3. The Balaban J connectivity index is 1.89. The molecule has 3 heterocycles. The predicted molar refractivity (Wildman–Crippen MR) is 111 cm³/mol. The smallest absolute Gasteiger partial charge is 0.139 e. The van der Waals surface area contributed by atoms with Crippen molar-refractivity contribution in [3.8, 4) is 11.3 Å². The Labute approximate surface area is 162 Å². The van der Waals surface area contributed by atoms with Crippen molar-refractivity contribution >= 4 is 34.1 Å². The highest BCUT2D eigenvalue weighted by atomic mass is 127. The van der Waals surface area contributed by atoms with Gasteiger partial charge in [0.25, 0.3) is 0 Å². The van der Waals surface area contributed by atoms with E-state index in [2.05, 4.69) is 68.5 Å². The van der Waals surface area contributed by atoms with Crippen LogP contribution < -0.4 is 5.32 Å². The number of aryl methyl sites for hydroxylation is 1. The summed E-state index contributed by atoms with van der Waals surface area (Å²) in [4.78, 5) is 9.23. The Bertz CT molecular complexity index is 881. The minimum atomic E-state index is 0.539. The summed E-state index contributed by atoms with van der Waals surface area (Å²) in [5.41, 5.74) is 4.50. The van der Waals surface area contributed by atoms with Crippen molar-refractivity contribution in [1.82, 2.24) is 14.4 Å². The molecule has 0 radical (unpaired) electrons. The maximum atomic E-state index is 4.99. The van der Waals surface area contributed by atoms with Gasteiger partial charge in [-0.2, -0.15) is 0 Å². The maximum Gasteiger partial charge on any atom is 0.139 e. The fourth-order valence-electron chi connectivity index (χ4n) is 3.76. The van der Waals surface area contributed by atoms with E-state index in [0.717, 1.165) is 32.7 Å². The zero-order chi connectivity index (χ0) is 17.2. The van der Waals surface area contributed by atoms with Crippen LogP contribution in [0.5, 0.6) is 0 Å². The SMILES string of the molecule is CCc1cccc2nc(-c3ccncc3I)c(NC3CCCCC3)n12. The standard InChI is InChI=1S/C20H23IN4/c1-2-15-9-6-10-18-24-19(16-11-12-22-13-17(16)21)20(25(15)18)23-14-7-4-3-5-8-14/h6,9-14,23H,2-5,7-8H2,1H3. The van der Waals surface area contributed by atoms with Crippen LogP contribution in [0.4, 0.5) is 5.82 Å². The van der Waals surface area contributed by atoms with Crippen molar-refractivity contribution in [1.29, 1.82) is 0 Å². The molecule has 4 rings (SSSR count). The molecule has 0 aliphatic heterocycles. The number of nitrogens with zero attached hydrogens (tertiary/aromatic N) is 3. The van der Waals surface area contributed by atoms with Gasteiger partial charge in [-0.25, -0.2) is 4.98 Å². The van der Waals surface area contributed by atoms with E-state index in [0.29, 0.717) is 6.04 Å². The van der Waals surface area contributed by atoms with Gasteiger partial charge in [0.05, 0.1) is 0 Å². The number of nitrogens with one attached hydrogen (secondary N) is 1. The fourth-order valence-corrected chi connectivity index (χ4v) is 4.36. The second-order valence-electron chi connectivity index (χ2n) is 6.71. The van der Waals surface area contributed by atoms with Gasteiger partial charge in [0.15, 0.2) is 0 Å². The Morgan fingerprint density at radius 2 is 2.04 bits per heavy atom. The Morgan fingerprint density at radius 1 is 1.20 bits per heavy atom. The molecular weight excluding hydrogens is 423 g/mol. The summed E-state index contributed by atoms with van der Waals surface area (Å²) < 4.78 is 3.44. The molecule has 3 aromatic rings. The van der Waals surface area contributed by atoms with E-state index >= 15 is 0 Å². The minimum absolute atomic E-state index is 0.539. The Kier molecular flexibility index (Phi) is 4.92. The van der Waals surface area contributed by atoms with E-state index in [4.69, 9.17) is 4.98 Å². The third kappa shape index (κ3) is 3.26. The highest BCUT2D eigenvalue weighted by Gasteiger charge is 2.21. The molecule has 0 saturated heterocycles. The van der Waals surface area contributed by atoms with Gasteiger partial charge in [-0.3, -0.25) is 9.38 Å². The summed E-state index contributed by atoms with van der Waals surface area (Å²) in [6, 6.07) is 9.01. The summed E-state index contributed by atoms with van der Waals surface area (Å²) in [6.07, 6.45) is 11.2. The largest absolute Gasteiger partial charge is 0.367 e. The van der Waals surface area contributed by atoms with E-state index in [-0.39, 0.29) is 0 Å². The molecule has 4 nitrogen and oxygen atoms in total. The number of pyridine rings is 2. The van der Waals surface area contributed by atoms with Crippen molar-refractivity contribution in [2.45, 2.75) is 51.5 Å². The quantitative estimate of drug-likeness (QED) is 0.553. The van der Waals surface area contributed by atoms with Gasteiger partial charge in [-0.1, -0.05) is 32.3 Å². The lowest BCUT2D eigenvalue weighted by molar-refractivity contribution is 0.461. The first-order valence-electron chi connectivity index (χ1n) is 9.14. The second kappa shape index (κ2) is 7.32. The summed E-state index contributed by atoms with van der Waals surface area (Å²) in [5, 5.41) is 3.85. The van der Waals surface area contributed by atoms with Gasteiger partial charge in [-0.15, -0.1) is 0 Å². The van der Waals surface area contributed by atoms with E-state index in [1.165, 1.54) is 37.8 Å². The number of hydrogen-bond donors (Lipinski definition) is 1. The van der Waals surface area contributed by atoms with Crippen LogP contribution in [-0.2, 0) is 6.42 Å². The van der Waals surface area contributed by atoms with E-state index in [1.807, 2.05) is 12.4 Å². The molecule has 25 heavy (non-hydrogen) atoms. The Morgan fingerprint density at radius 3 is 2.80 bits per heavy atom. The fraction of sp³-hybridized carbons (Fsp3) is 0.400. The van der Waals surface area contributed by atoms with Crippen LogP contribution >= 0.6 is 22.6 Å². The van der Waals surface area contributed by atoms with Gasteiger partial charge in [0, 0.05) is 33.3 Å². The van der Waals surface area contributed by atoms with Crippen molar-refractivity contribution in [3.05, 3.63) is 45.9 Å². The minimum Gasteiger partial charge on any atom is -0.367 e. The third-order valence-corrected chi connectivity index (χ3v) is 5.92. The number of anilines is 1. The normalized spacial score (nSPS) is 15.6. The van der Waals surface area contributed by atoms with E-state index in [1.54, 1.807) is 0 Å². The summed E-state index contributed by atoms with van der Waals surface area (Å²) >= 11 is 2.35. The number of fused-ring (bicyclic) bond motifs is 1. The second-order valence-corrected chi connectivity index (χ2v) is 7.87. The van der Waals surface area contributed by atoms with Crippen molar-refractivity contribution in [2.24, 2.45) is 0 Å². The van der Waals surface area contributed by atoms with Crippen LogP contribution in [0.25, 0.3) is 16.9 Å². The summed E-state index contributed by atoms with van der Waals surface area (Å²) in [7, 11) is 0. The average molecular weight is 446 g/mol. The van der Waals surface area contributed by atoms with Crippen molar-refractivity contribution in [3.63, 3.8) is 0 Å². The van der Waals surface area contributed by atoms with Gasteiger partial charge in [0.1, 0.15) is 17.2 Å². The molecular formula is C20H23IN4. The van der Waals surface area contributed by atoms with Gasteiger partial charge in [0.2, 0.25) is 0 Å². The molecule has 0 aromatic carbocycles. The first kappa shape index (κ1) is 16.8. The number of rotatable bonds is 4. The average Bonchev–Trinajstić information content (AvgIpc) is 3.01. The lowest BCUT2D eigenvalue weighted by Crippen LogP contribution is -2.23. The molecule has 130 valence electrons. The first-order chi connectivity index (χ1) is 12.3. The molecule has 0 spiro atoms. The molecule has 0 atom stereocenters. The highest BCUT2D eigenvalue weighted by molar-refractivity contribution is 14.1. The van der Waals surface area contributed by atoms with Crippen LogP contribution in [0.15, 0.2) is 36.7 Å². The lowest BCUT2D eigenvalue weighted by Gasteiger charge is -2.24. The van der Waals surface area contributed by atoms with Crippen molar-refractivity contribution in [2.75, 3.05) is 5.32 Å². The van der Waals surface area contributed by atoms with Gasteiger partial charge >= 0.3 is 0 Å². The monoisotopic (exact) mass is 446 g/mol. The van der Waals surface area contributed by atoms with E-state index in [9.17, 15) is 0 Å². The topological polar surface area (TPSA) is 42.2 Å². The number of hydrogen-bond acceptors (Lipinski definition) is 3. The molecule has 0 unspecified atom stereocenters. The number of imidazole rings is 1. The first-order valence-corrected chi connectivity index (χ1v) is 10.2. The van der Waals surface area contributed by atoms with Crippen LogP contribution in [0.3, 0.4) is 0 Å². The molecule has 1 aliphatic rings. The van der Waals surface area contributed by atoms with Crippen LogP contribution in [0.2, 0.25) is 0 Å². The lowest BCUT2D eigenvalue weighted by atomic mass is 9.95. The Hall–Kier alpha value is -1.63. The molecule has 1 saturated carbocycles. The molecule has 0 amide bonds. The summed E-state index contributed by atoms with van der Waals surface area (Å²) in [5.74, 6) is 1.14. The third-order valence-electron chi connectivity index (χ3n) is 5.06.